The molecular weight excluding hydrogens is 282 g/mol. The summed E-state index contributed by atoms with van der Waals surface area (Å²) >= 11 is 0. The van der Waals surface area contributed by atoms with E-state index in [1.165, 1.54) is 22.3 Å². The van der Waals surface area contributed by atoms with Gasteiger partial charge in [0.15, 0.2) is 0 Å². The van der Waals surface area contributed by atoms with Crippen LogP contribution in [0.15, 0.2) is 42.5 Å². The van der Waals surface area contributed by atoms with Crippen molar-refractivity contribution in [1.29, 1.82) is 0 Å². The molecule has 0 saturated heterocycles. The minimum atomic E-state index is 0.349. The van der Waals surface area contributed by atoms with Crippen LogP contribution in [-0.2, 0) is 6.42 Å². The van der Waals surface area contributed by atoms with E-state index in [-0.39, 0.29) is 0 Å². The van der Waals surface area contributed by atoms with Gasteiger partial charge in [0.1, 0.15) is 5.75 Å². The van der Waals surface area contributed by atoms with E-state index in [0.717, 1.165) is 31.6 Å². The molecule has 0 aliphatic rings. The second-order valence-electron chi connectivity index (χ2n) is 6.35. The van der Waals surface area contributed by atoms with Crippen molar-refractivity contribution in [2.24, 2.45) is 5.73 Å². The molecule has 23 heavy (non-hydrogen) atoms. The number of rotatable bonds is 8. The monoisotopic (exact) mass is 311 g/mol. The van der Waals surface area contributed by atoms with Crippen molar-refractivity contribution >= 4 is 0 Å². The van der Waals surface area contributed by atoms with Crippen LogP contribution in [0.2, 0.25) is 0 Å². The van der Waals surface area contributed by atoms with E-state index in [2.05, 4.69) is 57.2 Å². The number of benzene rings is 2. The molecule has 2 heteroatoms. The maximum atomic E-state index is 6.06. The molecule has 1 unspecified atom stereocenters. The molecule has 0 aromatic heterocycles. The van der Waals surface area contributed by atoms with Crippen molar-refractivity contribution in [3.63, 3.8) is 0 Å². The molecule has 0 fully saturated rings. The summed E-state index contributed by atoms with van der Waals surface area (Å²) in [7, 11) is 0. The maximum Gasteiger partial charge on any atom is 0.119 e. The van der Waals surface area contributed by atoms with Crippen LogP contribution in [0.5, 0.6) is 5.75 Å². The molecule has 0 aliphatic heterocycles. The quantitative estimate of drug-likeness (QED) is 0.713. The van der Waals surface area contributed by atoms with Gasteiger partial charge in [0, 0.05) is 5.92 Å². The van der Waals surface area contributed by atoms with Gasteiger partial charge in [-0.05, 0) is 62.1 Å². The zero-order valence-electron chi connectivity index (χ0n) is 14.6. The molecule has 2 aromatic carbocycles. The van der Waals surface area contributed by atoms with Crippen molar-refractivity contribution in [2.45, 2.75) is 46.0 Å². The van der Waals surface area contributed by atoms with Crippen LogP contribution >= 0.6 is 0 Å². The first-order valence-corrected chi connectivity index (χ1v) is 8.63. The number of hydrogen-bond donors (Lipinski definition) is 1. The molecule has 2 N–H and O–H groups in total. The third kappa shape index (κ3) is 5.11. The van der Waals surface area contributed by atoms with E-state index >= 15 is 0 Å². The van der Waals surface area contributed by atoms with Gasteiger partial charge in [-0.1, -0.05) is 49.2 Å². The molecule has 1 atom stereocenters. The largest absolute Gasteiger partial charge is 0.494 e. The van der Waals surface area contributed by atoms with Crippen molar-refractivity contribution < 1.29 is 4.74 Å². The van der Waals surface area contributed by atoms with E-state index in [9.17, 15) is 0 Å². The van der Waals surface area contributed by atoms with Gasteiger partial charge in [-0.3, -0.25) is 0 Å². The summed E-state index contributed by atoms with van der Waals surface area (Å²) in [5.41, 5.74) is 11.3. The first kappa shape index (κ1) is 17.6. The van der Waals surface area contributed by atoms with Crippen LogP contribution in [-0.4, -0.2) is 13.2 Å². The Bertz CT molecular complexity index is 621. The highest BCUT2D eigenvalue weighted by Crippen LogP contribution is 2.25. The molecule has 0 spiro atoms. The zero-order valence-corrected chi connectivity index (χ0v) is 14.6. The van der Waals surface area contributed by atoms with Crippen molar-refractivity contribution in [1.82, 2.24) is 0 Å². The number of hydrogen-bond acceptors (Lipinski definition) is 2. The van der Waals surface area contributed by atoms with Crippen LogP contribution in [0.1, 0.15) is 47.9 Å². The Balaban J connectivity index is 2.10. The van der Waals surface area contributed by atoms with E-state index < -0.39 is 0 Å². The fourth-order valence-electron chi connectivity index (χ4n) is 2.99. The molecule has 0 radical (unpaired) electrons. The van der Waals surface area contributed by atoms with Gasteiger partial charge in [0.05, 0.1) is 6.61 Å². The molecule has 0 aliphatic carbocycles. The summed E-state index contributed by atoms with van der Waals surface area (Å²) in [5.74, 6) is 1.31. The topological polar surface area (TPSA) is 35.2 Å². The van der Waals surface area contributed by atoms with Gasteiger partial charge in [0.25, 0.3) is 0 Å². The normalized spacial score (nSPS) is 12.2. The molecule has 0 heterocycles. The van der Waals surface area contributed by atoms with E-state index in [0.29, 0.717) is 12.5 Å². The lowest BCUT2D eigenvalue weighted by Crippen LogP contribution is -2.16. The fourth-order valence-corrected chi connectivity index (χ4v) is 2.99. The van der Waals surface area contributed by atoms with Crippen LogP contribution in [0.25, 0.3) is 0 Å². The first-order valence-electron chi connectivity index (χ1n) is 8.63. The highest BCUT2D eigenvalue weighted by atomic mass is 16.5. The molecule has 124 valence electrons. The van der Waals surface area contributed by atoms with Crippen molar-refractivity contribution in [3.8, 4) is 5.75 Å². The molecular formula is C21H29NO. The summed E-state index contributed by atoms with van der Waals surface area (Å²) in [6.45, 7) is 7.93. The maximum absolute atomic E-state index is 6.06. The van der Waals surface area contributed by atoms with E-state index in [1.54, 1.807) is 0 Å². The van der Waals surface area contributed by atoms with Crippen LogP contribution < -0.4 is 10.5 Å². The molecule has 0 bridgehead atoms. The third-order valence-corrected chi connectivity index (χ3v) is 4.30. The highest BCUT2D eigenvalue weighted by molar-refractivity contribution is 5.36. The van der Waals surface area contributed by atoms with Crippen molar-refractivity contribution in [3.05, 3.63) is 64.7 Å². The Morgan fingerprint density at radius 1 is 1.09 bits per heavy atom. The van der Waals surface area contributed by atoms with Gasteiger partial charge in [-0.2, -0.15) is 0 Å². The minimum absolute atomic E-state index is 0.349. The lowest BCUT2D eigenvalue weighted by Gasteiger charge is -2.19. The second-order valence-corrected chi connectivity index (χ2v) is 6.35. The zero-order chi connectivity index (χ0) is 16.7. The predicted octanol–water partition coefficient (Wildman–Crippen LogP) is 4.77. The summed E-state index contributed by atoms with van der Waals surface area (Å²) in [5, 5.41) is 0. The summed E-state index contributed by atoms with van der Waals surface area (Å²) in [6.07, 6.45) is 3.20. The fraction of sp³-hybridized carbons (Fsp3) is 0.429. The van der Waals surface area contributed by atoms with Gasteiger partial charge in [-0.15, -0.1) is 0 Å². The van der Waals surface area contributed by atoms with Crippen LogP contribution in [0.3, 0.4) is 0 Å². The van der Waals surface area contributed by atoms with E-state index in [1.807, 2.05) is 6.07 Å². The third-order valence-electron chi connectivity index (χ3n) is 4.30. The average molecular weight is 311 g/mol. The van der Waals surface area contributed by atoms with Gasteiger partial charge < -0.3 is 10.5 Å². The Hall–Kier alpha value is -1.80. The summed E-state index contributed by atoms with van der Waals surface area (Å²) in [4.78, 5) is 0. The molecule has 2 nitrogen and oxygen atoms in total. The Labute approximate surface area is 140 Å². The predicted molar refractivity (Wildman–Crippen MR) is 98.3 cm³/mol. The Morgan fingerprint density at radius 2 is 1.91 bits per heavy atom. The van der Waals surface area contributed by atoms with Gasteiger partial charge in [0.2, 0.25) is 0 Å². The lowest BCUT2D eigenvalue weighted by atomic mass is 9.88. The van der Waals surface area contributed by atoms with Crippen molar-refractivity contribution in [2.75, 3.05) is 13.2 Å². The lowest BCUT2D eigenvalue weighted by molar-refractivity contribution is 0.309. The summed E-state index contributed by atoms with van der Waals surface area (Å²) in [6, 6.07) is 15.1. The molecule has 2 rings (SSSR count). The standard InChI is InChI=1S/C21H29NO/c1-4-5-11-23-20-8-6-7-18(14-20)13-19(15-22)21-10-9-16(2)12-17(21)3/h6-10,12,14,19H,4-5,11,13,15,22H2,1-3H3. The highest BCUT2D eigenvalue weighted by Gasteiger charge is 2.13. The minimum Gasteiger partial charge on any atom is -0.494 e. The SMILES string of the molecule is CCCCOc1cccc(CC(CN)c2ccc(C)cc2C)c1. The van der Waals surface area contributed by atoms with Gasteiger partial charge >= 0.3 is 0 Å². The summed E-state index contributed by atoms with van der Waals surface area (Å²) < 4.78 is 5.82. The average Bonchev–Trinajstić information content (AvgIpc) is 2.54. The molecule has 2 aromatic rings. The number of ether oxygens (including phenoxy) is 1. The number of nitrogens with two attached hydrogens (primary N) is 1. The molecule has 0 saturated carbocycles. The number of unbranched alkanes of at least 4 members (excludes halogenated alkanes) is 1. The Kier molecular flexibility index (Phi) is 6.66. The van der Waals surface area contributed by atoms with E-state index in [4.69, 9.17) is 10.5 Å². The van der Waals surface area contributed by atoms with Crippen LogP contribution in [0, 0.1) is 13.8 Å². The second kappa shape index (κ2) is 8.73. The smallest absolute Gasteiger partial charge is 0.119 e. The number of aryl methyl sites for hydroxylation is 2. The van der Waals surface area contributed by atoms with Gasteiger partial charge in [-0.25, -0.2) is 0 Å². The first-order chi connectivity index (χ1) is 11.1. The molecule has 0 amide bonds. The van der Waals surface area contributed by atoms with Crippen LogP contribution in [0.4, 0.5) is 0 Å². The Morgan fingerprint density at radius 3 is 2.61 bits per heavy atom.